The topological polar surface area (TPSA) is 43.8 Å². The van der Waals surface area contributed by atoms with Crippen molar-refractivity contribution >= 4 is 26.8 Å². The summed E-state index contributed by atoms with van der Waals surface area (Å²) in [5, 5.41) is 1.25. The molecule has 2 N–H and O–H groups in total. The van der Waals surface area contributed by atoms with Gasteiger partial charge in [-0.25, -0.2) is 0 Å². The van der Waals surface area contributed by atoms with Gasteiger partial charge in [0.25, 0.3) is 0 Å². The quantitative estimate of drug-likeness (QED) is 0.784. The van der Waals surface area contributed by atoms with Crippen molar-refractivity contribution in [2.24, 2.45) is 5.73 Å². The van der Waals surface area contributed by atoms with Crippen LogP contribution in [0.3, 0.4) is 0 Å². The minimum atomic E-state index is 0.180. The smallest absolute Gasteiger partial charge is 0.0648 e. The van der Waals surface area contributed by atoms with Crippen molar-refractivity contribution in [3.8, 4) is 0 Å². The van der Waals surface area contributed by atoms with Gasteiger partial charge in [0.15, 0.2) is 0 Å². The molecule has 0 fully saturated rings. The molecule has 1 aromatic carbocycles. The molecule has 1 unspecified atom stereocenters. The van der Waals surface area contributed by atoms with E-state index < -0.39 is 0 Å². The van der Waals surface area contributed by atoms with E-state index in [4.69, 9.17) is 5.73 Å². The molecule has 0 aliphatic heterocycles. The van der Waals surface area contributed by atoms with Gasteiger partial charge in [0, 0.05) is 28.4 Å². The summed E-state index contributed by atoms with van der Waals surface area (Å²) >= 11 is 3.41. The Balaban J connectivity index is 1.92. The monoisotopic (exact) mass is 343 g/mol. The maximum Gasteiger partial charge on any atom is 0.0648 e. The predicted octanol–water partition coefficient (Wildman–Crippen LogP) is 3.74. The summed E-state index contributed by atoms with van der Waals surface area (Å²) in [6.45, 7) is 2.81. The van der Waals surface area contributed by atoms with Gasteiger partial charge in [-0.1, -0.05) is 12.1 Å². The Morgan fingerprint density at radius 1 is 1.24 bits per heavy atom. The van der Waals surface area contributed by atoms with Crippen LogP contribution in [0.5, 0.6) is 0 Å². The Bertz CT molecular complexity index is 744. The van der Waals surface area contributed by atoms with Gasteiger partial charge in [0.1, 0.15) is 0 Å². The van der Waals surface area contributed by atoms with E-state index in [1.54, 1.807) is 0 Å². The Labute approximate surface area is 132 Å². The number of pyridine rings is 1. The Morgan fingerprint density at radius 2 is 2.10 bits per heavy atom. The number of aromatic nitrogens is 2. The maximum absolute atomic E-state index is 5.90. The second-order valence-electron chi connectivity index (χ2n) is 5.49. The van der Waals surface area contributed by atoms with E-state index in [0.29, 0.717) is 0 Å². The molecule has 0 amide bonds. The highest BCUT2D eigenvalue weighted by atomic mass is 79.9. The van der Waals surface area contributed by atoms with Gasteiger partial charge >= 0.3 is 0 Å². The van der Waals surface area contributed by atoms with Crippen LogP contribution in [0, 0.1) is 0 Å². The van der Waals surface area contributed by atoms with E-state index in [1.165, 1.54) is 16.5 Å². The predicted molar refractivity (Wildman–Crippen MR) is 90.3 cm³/mol. The van der Waals surface area contributed by atoms with Crippen molar-refractivity contribution in [2.75, 3.05) is 0 Å². The van der Waals surface area contributed by atoms with Crippen LogP contribution in [-0.4, -0.2) is 15.6 Å². The molecule has 3 nitrogen and oxygen atoms in total. The molecular weight excluding hydrogens is 326 g/mol. The number of nitrogens with two attached hydrogens (primary N) is 1. The molecule has 3 aromatic rings. The van der Waals surface area contributed by atoms with Crippen LogP contribution in [0.4, 0.5) is 0 Å². The van der Waals surface area contributed by atoms with Gasteiger partial charge in [-0.2, -0.15) is 0 Å². The molecule has 0 aliphatic rings. The fourth-order valence-electron chi connectivity index (χ4n) is 2.54. The standard InChI is InChI=1S/C17H18BrN3/c1-12(19)8-13-2-3-14-6-7-21(17(14)9-13)11-16-5-4-15(18)10-20-16/h2-7,9-10,12H,8,11,19H2,1H3. The van der Waals surface area contributed by atoms with Gasteiger partial charge in [0.2, 0.25) is 0 Å². The number of halogens is 1. The van der Waals surface area contributed by atoms with Crippen LogP contribution in [0.25, 0.3) is 10.9 Å². The fourth-order valence-corrected chi connectivity index (χ4v) is 2.78. The highest BCUT2D eigenvalue weighted by molar-refractivity contribution is 9.10. The average molecular weight is 344 g/mol. The molecule has 108 valence electrons. The molecule has 1 atom stereocenters. The van der Waals surface area contributed by atoms with E-state index >= 15 is 0 Å². The lowest BCUT2D eigenvalue weighted by Crippen LogP contribution is -2.17. The van der Waals surface area contributed by atoms with E-state index in [0.717, 1.165) is 23.1 Å². The van der Waals surface area contributed by atoms with Crippen LogP contribution in [0.1, 0.15) is 18.2 Å². The molecule has 3 rings (SSSR count). The molecule has 21 heavy (non-hydrogen) atoms. The third kappa shape index (κ3) is 3.34. The Morgan fingerprint density at radius 3 is 2.81 bits per heavy atom. The molecule has 0 spiro atoms. The van der Waals surface area contributed by atoms with Crippen molar-refractivity contribution in [3.63, 3.8) is 0 Å². The summed E-state index contributed by atoms with van der Waals surface area (Å²) in [7, 11) is 0. The summed E-state index contributed by atoms with van der Waals surface area (Å²) < 4.78 is 3.24. The first kappa shape index (κ1) is 14.3. The lowest BCUT2D eigenvalue weighted by Gasteiger charge is -2.08. The van der Waals surface area contributed by atoms with Gasteiger partial charge in [-0.3, -0.25) is 4.98 Å². The first-order valence-corrected chi connectivity index (χ1v) is 7.85. The van der Waals surface area contributed by atoms with Gasteiger partial charge in [-0.05, 0) is 64.5 Å². The average Bonchev–Trinajstić information content (AvgIpc) is 2.83. The summed E-state index contributed by atoms with van der Waals surface area (Å²) in [5.74, 6) is 0. The summed E-state index contributed by atoms with van der Waals surface area (Å²) in [6, 6.07) is 12.9. The highest BCUT2D eigenvalue weighted by Gasteiger charge is 2.05. The van der Waals surface area contributed by atoms with Crippen molar-refractivity contribution in [2.45, 2.75) is 25.9 Å². The number of hydrogen-bond acceptors (Lipinski definition) is 2. The number of benzene rings is 1. The molecule has 0 saturated carbocycles. The number of hydrogen-bond donors (Lipinski definition) is 1. The van der Waals surface area contributed by atoms with E-state index in [2.05, 4.69) is 55.9 Å². The SMILES string of the molecule is CC(N)Cc1ccc2ccn(Cc3ccc(Br)cn3)c2c1. The first-order valence-electron chi connectivity index (χ1n) is 7.05. The number of nitrogens with zero attached hydrogens (tertiary/aromatic N) is 2. The lowest BCUT2D eigenvalue weighted by atomic mass is 10.1. The third-order valence-electron chi connectivity index (χ3n) is 3.52. The Hall–Kier alpha value is -1.65. The van der Waals surface area contributed by atoms with Crippen LogP contribution in [0.15, 0.2) is 53.3 Å². The minimum absolute atomic E-state index is 0.180. The van der Waals surface area contributed by atoms with Crippen LogP contribution < -0.4 is 5.73 Å². The fraction of sp³-hybridized carbons (Fsp3) is 0.235. The second-order valence-corrected chi connectivity index (χ2v) is 6.40. The lowest BCUT2D eigenvalue weighted by molar-refractivity contribution is 0.737. The van der Waals surface area contributed by atoms with E-state index in [1.807, 2.05) is 25.3 Å². The van der Waals surface area contributed by atoms with Crippen LogP contribution in [-0.2, 0) is 13.0 Å². The summed E-state index contributed by atoms with van der Waals surface area (Å²) in [6.07, 6.45) is 4.85. The van der Waals surface area contributed by atoms with Crippen molar-refractivity contribution < 1.29 is 0 Å². The van der Waals surface area contributed by atoms with Crippen molar-refractivity contribution in [1.82, 2.24) is 9.55 Å². The molecule has 4 heteroatoms. The normalized spacial score (nSPS) is 12.7. The molecule has 0 saturated heterocycles. The molecule has 2 heterocycles. The third-order valence-corrected chi connectivity index (χ3v) is 3.99. The van der Waals surface area contributed by atoms with Crippen molar-refractivity contribution in [1.29, 1.82) is 0 Å². The molecular formula is C17H18BrN3. The van der Waals surface area contributed by atoms with Gasteiger partial charge in [0.05, 0.1) is 12.2 Å². The molecule has 2 aromatic heterocycles. The van der Waals surface area contributed by atoms with E-state index in [-0.39, 0.29) is 6.04 Å². The minimum Gasteiger partial charge on any atom is -0.341 e. The number of fused-ring (bicyclic) bond motifs is 1. The van der Waals surface area contributed by atoms with Crippen molar-refractivity contribution in [3.05, 3.63) is 64.5 Å². The Kier molecular flexibility index (Phi) is 4.08. The highest BCUT2D eigenvalue weighted by Crippen LogP contribution is 2.20. The van der Waals surface area contributed by atoms with E-state index in [9.17, 15) is 0 Å². The zero-order valence-electron chi connectivity index (χ0n) is 12.0. The van der Waals surface area contributed by atoms with Gasteiger partial charge in [-0.15, -0.1) is 0 Å². The maximum atomic E-state index is 5.90. The number of rotatable bonds is 4. The molecule has 0 radical (unpaired) electrons. The zero-order chi connectivity index (χ0) is 14.8. The molecule has 0 bridgehead atoms. The van der Waals surface area contributed by atoms with Crippen LogP contribution >= 0.6 is 15.9 Å². The first-order chi connectivity index (χ1) is 10.1. The largest absolute Gasteiger partial charge is 0.341 e. The zero-order valence-corrected chi connectivity index (χ0v) is 13.5. The molecule has 0 aliphatic carbocycles. The summed E-state index contributed by atoms with van der Waals surface area (Å²) in [5.41, 5.74) is 9.46. The summed E-state index contributed by atoms with van der Waals surface area (Å²) in [4.78, 5) is 4.44. The second kappa shape index (κ2) is 6.00. The van der Waals surface area contributed by atoms with Crippen LogP contribution in [0.2, 0.25) is 0 Å². The van der Waals surface area contributed by atoms with Gasteiger partial charge < -0.3 is 10.3 Å².